The van der Waals surface area contributed by atoms with E-state index in [0.29, 0.717) is 5.92 Å². The highest BCUT2D eigenvalue weighted by molar-refractivity contribution is 5.78. The van der Waals surface area contributed by atoms with Gasteiger partial charge in [-0.1, -0.05) is 110 Å². The first-order valence-corrected chi connectivity index (χ1v) is 17.8. The predicted octanol–water partition coefficient (Wildman–Crippen LogP) is 12.4. The molecule has 0 fully saturated rings. The maximum atomic E-state index is 4.96. The van der Waals surface area contributed by atoms with Crippen LogP contribution in [0.2, 0.25) is 0 Å². The molecular formula is C40H54N4. The molecule has 2 aliphatic heterocycles. The molecule has 0 aliphatic carbocycles. The lowest BCUT2D eigenvalue weighted by Crippen LogP contribution is -1.99. The maximum absolute atomic E-state index is 4.96. The fourth-order valence-electron chi connectivity index (χ4n) is 6.71. The number of hydrogen-bond acceptors (Lipinski definition) is 2. The Morgan fingerprint density at radius 2 is 0.909 bits per heavy atom. The first-order chi connectivity index (χ1) is 21.7. The zero-order valence-corrected chi connectivity index (χ0v) is 27.3. The molecule has 1 unspecified atom stereocenters. The van der Waals surface area contributed by atoms with Crippen LogP contribution in [0.5, 0.6) is 0 Å². The van der Waals surface area contributed by atoms with E-state index in [4.69, 9.17) is 9.97 Å². The minimum atomic E-state index is 0.562. The van der Waals surface area contributed by atoms with Gasteiger partial charge in [-0.3, -0.25) is 0 Å². The molecule has 5 rings (SSSR count). The Bertz CT molecular complexity index is 1540. The molecule has 234 valence electrons. The number of fused-ring (bicyclic) bond motifs is 8. The van der Waals surface area contributed by atoms with Gasteiger partial charge in [0.1, 0.15) is 0 Å². The molecule has 0 amide bonds. The standard InChI is InChI=1S/C40H54N4/c1-3-5-7-9-11-12-13-15-17-19-31(18-16-14-10-8-6-4-2)39-29-38-28-36-23-22-34(42-36)26-32-20-21-33(41-32)27-35-24-25-37(43-35)30-40(39)44-38/h20-31,41,44H,3-19H2,1-2H3. The number of unbranched alkanes of at least 4 members (excludes halogenated alkanes) is 13. The largest absolute Gasteiger partial charge is 0.355 e. The second-order valence-corrected chi connectivity index (χ2v) is 13.0. The van der Waals surface area contributed by atoms with Crippen LogP contribution >= 0.6 is 0 Å². The van der Waals surface area contributed by atoms with Crippen LogP contribution < -0.4 is 0 Å². The van der Waals surface area contributed by atoms with Crippen molar-refractivity contribution in [2.75, 3.05) is 0 Å². The van der Waals surface area contributed by atoms with Gasteiger partial charge in [0.2, 0.25) is 0 Å². The van der Waals surface area contributed by atoms with Crippen molar-refractivity contribution in [3.63, 3.8) is 0 Å². The molecule has 3 aromatic rings. The Balaban J connectivity index is 1.41. The number of nitrogens with zero attached hydrogens (tertiary/aromatic N) is 2. The summed E-state index contributed by atoms with van der Waals surface area (Å²) in [6.45, 7) is 4.60. The number of H-pyrrole nitrogens is 2. The molecule has 1 atom stereocenters. The summed E-state index contributed by atoms with van der Waals surface area (Å²) >= 11 is 0. The summed E-state index contributed by atoms with van der Waals surface area (Å²) in [6.07, 6.45) is 31.5. The van der Waals surface area contributed by atoms with Crippen LogP contribution in [0.4, 0.5) is 0 Å². The van der Waals surface area contributed by atoms with Crippen LogP contribution in [0.15, 0.2) is 42.5 Å². The summed E-state index contributed by atoms with van der Waals surface area (Å²) in [6, 6.07) is 15.3. The molecule has 5 heterocycles. The van der Waals surface area contributed by atoms with Gasteiger partial charge in [-0.2, -0.15) is 0 Å². The fraction of sp³-hybridized carbons (Fsp3) is 0.500. The van der Waals surface area contributed by atoms with Crippen molar-refractivity contribution in [3.8, 4) is 0 Å². The van der Waals surface area contributed by atoms with Crippen LogP contribution in [0.25, 0.3) is 46.4 Å². The molecule has 4 nitrogen and oxygen atoms in total. The van der Waals surface area contributed by atoms with Crippen molar-refractivity contribution >= 4 is 46.4 Å². The van der Waals surface area contributed by atoms with Gasteiger partial charge in [-0.05, 0) is 91.1 Å². The van der Waals surface area contributed by atoms with Gasteiger partial charge in [0.25, 0.3) is 0 Å². The summed E-state index contributed by atoms with van der Waals surface area (Å²) in [5, 5.41) is 0. The monoisotopic (exact) mass is 590 g/mol. The third-order valence-electron chi connectivity index (χ3n) is 9.20. The third-order valence-corrected chi connectivity index (χ3v) is 9.20. The quantitative estimate of drug-likeness (QED) is 0.0997. The van der Waals surface area contributed by atoms with E-state index in [1.165, 1.54) is 120 Å². The number of rotatable bonds is 18. The normalized spacial score (nSPS) is 13.1. The van der Waals surface area contributed by atoms with E-state index in [-0.39, 0.29) is 0 Å². The average molecular weight is 591 g/mol. The highest BCUT2D eigenvalue weighted by atomic mass is 14.8. The minimum absolute atomic E-state index is 0.562. The molecule has 4 heteroatoms. The zero-order chi connectivity index (χ0) is 30.4. The second kappa shape index (κ2) is 17.2. The number of nitrogens with one attached hydrogen (secondary N) is 2. The lowest BCUT2D eigenvalue weighted by molar-refractivity contribution is 0.486. The summed E-state index contributed by atoms with van der Waals surface area (Å²) in [5.74, 6) is 0.562. The maximum Gasteiger partial charge on any atom is 0.0658 e. The Hall–Kier alpha value is -3.40. The first-order valence-electron chi connectivity index (χ1n) is 17.8. The molecular weight excluding hydrogens is 536 g/mol. The van der Waals surface area contributed by atoms with Crippen molar-refractivity contribution in [3.05, 3.63) is 70.8 Å². The van der Waals surface area contributed by atoms with Crippen LogP contribution in [0.1, 0.15) is 157 Å². The van der Waals surface area contributed by atoms with E-state index >= 15 is 0 Å². The Morgan fingerprint density at radius 1 is 0.477 bits per heavy atom. The highest BCUT2D eigenvalue weighted by Gasteiger charge is 2.16. The molecule has 8 bridgehead atoms. The summed E-state index contributed by atoms with van der Waals surface area (Å²) in [7, 11) is 0. The van der Waals surface area contributed by atoms with Gasteiger partial charge in [0.05, 0.1) is 22.8 Å². The number of aromatic nitrogens is 4. The van der Waals surface area contributed by atoms with Gasteiger partial charge in [-0.15, -0.1) is 0 Å². The lowest BCUT2D eigenvalue weighted by Gasteiger charge is -2.17. The van der Waals surface area contributed by atoms with E-state index < -0.39 is 0 Å². The van der Waals surface area contributed by atoms with Crippen LogP contribution in [-0.2, 0) is 0 Å². The Labute approximate surface area is 265 Å². The molecule has 2 N–H and O–H groups in total. The van der Waals surface area contributed by atoms with Gasteiger partial charge in [0.15, 0.2) is 0 Å². The van der Waals surface area contributed by atoms with Crippen LogP contribution in [-0.4, -0.2) is 19.9 Å². The van der Waals surface area contributed by atoms with Crippen molar-refractivity contribution in [2.45, 2.75) is 129 Å². The lowest BCUT2D eigenvalue weighted by atomic mass is 9.88. The molecule has 2 aliphatic rings. The highest BCUT2D eigenvalue weighted by Crippen LogP contribution is 2.33. The van der Waals surface area contributed by atoms with Crippen molar-refractivity contribution in [1.82, 2.24) is 19.9 Å². The molecule has 0 spiro atoms. The topological polar surface area (TPSA) is 57.4 Å². The van der Waals surface area contributed by atoms with E-state index in [9.17, 15) is 0 Å². The number of aromatic amines is 2. The molecule has 0 aromatic carbocycles. The second-order valence-electron chi connectivity index (χ2n) is 13.0. The minimum Gasteiger partial charge on any atom is -0.355 e. The van der Waals surface area contributed by atoms with E-state index in [0.717, 1.165) is 39.3 Å². The Morgan fingerprint density at radius 3 is 1.41 bits per heavy atom. The van der Waals surface area contributed by atoms with Gasteiger partial charge >= 0.3 is 0 Å². The average Bonchev–Trinajstić information content (AvgIpc) is 3.83. The van der Waals surface area contributed by atoms with Gasteiger partial charge in [0, 0.05) is 22.1 Å². The molecule has 0 radical (unpaired) electrons. The first kappa shape index (κ1) is 32.0. The Kier molecular flexibility index (Phi) is 12.5. The third kappa shape index (κ3) is 9.81. The van der Waals surface area contributed by atoms with Crippen molar-refractivity contribution in [2.24, 2.45) is 0 Å². The van der Waals surface area contributed by atoms with Crippen LogP contribution in [0.3, 0.4) is 0 Å². The fourth-order valence-corrected chi connectivity index (χ4v) is 6.71. The van der Waals surface area contributed by atoms with Gasteiger partial charge < -0.3 is 9.97 Å². The van der Waals surface area contributed by atoms with Crippen LogP contribution in [0, 0.1) is 0 Å². The zero-order valence-electron chi connectivity index (χ0n) is 27.3. The summed E-state index contributed by atoms with van der Waals surface area (Å²) in [5.41, 5.74) is 9.82. The summed E-state index contributed by atoms with van der Waals surface area (Å²) < 4.78 is 0. The summed E-state index contributed by atoms with van der Waals surface area (Å²) in [4.78, 5) is 17.1. The molecule has 3 aromatic heterocycles. The smallest absolute Gasteiger partial charge is 0.0658 e. The SMILES string of the molecule is CCCCCCCCCCCC(CCCCCCCC)c1cc2cc3nc(cc4ccc(cc5nc(cc1[nH]2)C=C5)[nH]4)C=C3. The van der Waals surface area contributed by atoms with Crippen molar-refractivity contribution < 1.29 is 0 Å². The number of hydrogen-bond donors (Lipinski definition) is 2. The molecule has 44 heavy (non-hydrogen) atoms. The predicted molar refractivity (Wildman–Crippen MR) is 191 cm³/mol. The molecule has 0 saturated heterocycles. The molecule has 0 saturated carbocycles. The van der Waals surface area contributed by atoms with E-state index in [2.05, 4.69) is 90.6 Å². The van der Waals surface area contributed by atoms with Gasteiger partial charge in [-0.25, -0.2) is 9.97 Å². The van der Waals surface area contributed by atoms with E-state index in [1.54, 1.807) is 0 Å². The van der Waals surface area contributed by atoms with Crippen molar-refractivity contribution in [1.29, 1.82) is 0 Å². The van der Waals surface area contributed by atoms with E-state index in [1.807, 2.05) is 0 Å².